The molecule has 0 unspecified atom stereocenters. The van der Waals surface area contributed by atoms with Gasteiger partial charge in [0.1, 0.15) is 6.04 Å². The Morgan fingerprint density at radius 2 is 2.03 bits per heavy atom. The Balaban J connectivity index is 1.66. The number of para-hydroxylation sites is 1. The van der Waals surface area contributed by atoms with E-state index < -0.39 is 24.0 Å². The van der Waals surface area contributed by atoms with Gasteiger partial charge in [-0.2, -0.15) is 0 Å². The Morgan fingerprint density at radius 1 is 1.24 bits per heavy atom. The molecule has 1 fully saturated rings. The lowest BCUT2D eigenvalue weighted by Gasteiger charge is -2.35. The van der Waals surface area contributed by atoms with Gasteiger partial charge in [0.05, 0.1) is 54.8 Å². The van der Waals surface area contributed by atoms with E-state index >= 15 is 0 Å². The van der Waals surface area contributed by atoms with Crippen molar-refractivity contribution in [3.05, 3.63) is 65.0 Å². The molecule has 10 nitrogen and oxygen atoms in total. The molecule has 3 heterocycles. The van der Waals surface area contributed by atoms with E-state index in [1.165, 1.54) is 10.9 Å². The number of rotatable bonds is 9. The first kappa shape index (κ1) is 26.3. The van der Waals surface area contributed by atoms with E-state index in [-0.39, 0.29) is 23.9 Å². The number of aromatic nitrogens is 3. The number of morpholine rings is 1. The second-order valence-electron chi connectivity index (χ2n) is 9.87. The van der Waals surface area contributed by atoms with Crippen LogP contribution in [0.4, 0.5) is 5.69 Å². The zero-order chi connectivity index (χ0) is 26.5. The van der Waals surface area contributed by atoms with E-state index in [2.05, 4.69) is 20.2 Å². The highest BCUT2D eigenvalue weighted by molar-refractivity contribution is 5.83. The molecule has 1 saturated heterocycles. The van der Waals surface area contributed by atoms with E-state index in [0.717, 1.165) is 5.69 Å². The predicted molar refractivity (Wildman–Crippen MR) is 139 cm³/mol. The van der Waals surface area contributed by atoms with Gasteiger partial charge in [0.25, 0.3) is 5.56 Å². The van der Waals surface area contributed by atoms with Crippen LogP contribution < -0.4 is 15.8 Å². The Kier molecular flexibility index (Phi) is 8.17. The van der Waals surface area contributed by atoms with Gasteiger partial charge in [-0.25, -0.2) is 4.98 Å². The summed E-state index contributed by atoms with van der Waals surface area (Å²) in [5, 5.41) is 12.9. The van der Waals surface area contributed by atoms with Gasteiger partial charge in [0, 0.05) is 18.8 Å². The molecular formula is C27H33N5O5. The standard InChI is InChI=1S/C27H33N5O5/c1-17(2)10-24(32-16-29-22-7-5-4-6-21(22)27(32)36)26(35)30-23(12-25(33)34)19-11-20(14-28-13-19)31-8-9-37-15-18(31)3/h4-7,11,13-14,16-18,23-24H,8-10,12,15H2,1-3H3,(H,30,35)(H,33,34)/t18-,23+,24-/m0/s1. The van der Waals surface area contributed by atoms with Crippen LogP contribution in [-0.4, -0.2) is 57.3 Å². The third-order valence-corrected chi connectivity index (χ3v) is 6.57. The van der Waals surface area contributed by atoms with Crippen molar-refractivity contribution in [2.75, 3.05) is 24.7 Å². The number of pyridine rings is 1. The minimum Gasteiger partial charge on any atom is -0.481 e. The maximum Gasteiger partial charge on any atom is 0.305 e. The molecule has 3 atom stereocenters. The van der Waals surface area contributed by atoms with Crippen molar-refractivity contribution in [2.24, 2.45) is 5.92 Å². The molecule has 196 valence electrons. The lowest BCUT2D eigenvalue weighted by molar-refractivity contribution is -0.138. The van der Waals surface area contributed by atoms with Gasteiger partial charge in [-0.3, -0.25) is 23.9 Å². The number of benzene rings is 1. The van der Waals surface area contributed by atoms with Crippen LogP contribution in [-0.2, 0) is 14.3 Å². The van der Waals surface area contributed by atoms with Gasteiger partial charge < -0.3 is 20.1 Å². The first-order valence-electron chi connectivity index (χ1n) is 12.5. The quantitative estimate of drug-likeness (QED) is 0.453. The highest BCUT2D eigenvalue weighted by Crippen LogP contribution is 2.26. The van der Waals surface area contributed by atoms with E-state index in [0.29, 0.717) is 42.6 Å². The zero-order valence-electron chi connectivity index (χ0n) is 21.3. The van der Waals surface area contributed by atoms with Gasteiger partial charge in [0.2, 0.25) is 5.91 Å². The molecule has 1 aromatic carbocycles. The van der Waals surface area contributed by atoms with Crippen molar-refractivity contribution < 1.29 is 19.4 Å². The predicted octanol–water partition coefficient (Wildman–Crippen LogP) is 2.94. The molecule has 0 radical (unpaired) electrons. The Morgan fingerprint density at radius 3 is 2.76 bits per heavy atom. The number of ether oxygens (including phenoxy) is 1. The van der Waals surface area contributed by atoms with Crippen LogP contribution >= 0.6 is 0 Å². The smallest absolute Gasteiger partial charge is 0.305 e. The summed E-state index contributed by atoms with van der Waals surface area (Å²) in [5.74, 6) is -1.40. The summed E-state index contributed by atoms with van der Waals surface area (Å²) >= 11 is 0. The van der Waals surface area contributed by atoms with Crippen LogP contribution in [0.25, 0.3) is 10.9 Å². The maximum absolute atomic E-state index is 13.6. The van der Waals surface area contributed by atoms with Crippen molar-refractivity contribution in [2.45, 2.75) is 51.7 Å². The SMILES string of the molecule is CC(C)C[C@@H](C(=O)N[C@H](CC(=O)O)c1cncc(N2CCOC[C@@H]2C)c1)n1cnc2ccccc2c1=O. The maximum atomic E-state index is 13.6. The zero-order valence-corrected chi connectivity index (χ0v) is 21.3. The number of carbonyl (C=O) groups is 2. The van der Waals surface area contributed by atoms with Crippen LogP contribution in [0.1, 0.15) is 51.3 Å². The largest absolute Gasteiger partial charge is 0.481 e. The number of carboxylic acids is 1. The minimum absolute atomic E-state index is 0.0971. The van der Waals surface area contributed by atoms with E-state index in [1.807, 2.05) is 26.8 Å². The Bertz CT molecular complexity index is 1320. The number of anilines is 1. The molecule has 1 amide bonds. The summed E-state index contributed by atoms with van der Waals surface area (Å²) < 4.78 is 6.87. The number of fused-ring (bicyclic) bond motifs is 1. The molecule has 1 aliphatic heterocycles. The number of aliphatic carboxylic acids is 1. The number of hydrogen-bond acceptors (Lipinski definition) is 7. The molecule has 4 rings (SSSR count). The van der Waals surface area contributed by atoms with E-state index in [9.17, 15) is 19.5 Å². The summed E-state index contributed by atoms with van der Waals surface area (Å²) in [5.41, 5.74) is 1.66. The fourth-order valence-corrected chi connectivity index (χ4v) is 4.70. The van der Waals surface area contributed by atoms with Crippen LogP contribution in [0, 0.1) is 5.92 Å². The van der Waals surface area contributed by atoms with Crippen molar-refractivity contribution >= 4 is 28.5 Å². The molecule has 10 heteroatoms. The third kappa shape index (κ3) is 6.14. The van der Waals surface area contributed by atoms with Crippen molar-refractivity contribution in [3.8, 4) is 0 Å². The molecule has 2 aromatic heterocycles. The summed E-state index contributed by atoms with van der Waals surface area (Å²) in [4.78, 5) is 49.5. The number of carbonyl (C=O) groups excluding carboxylic acids is 1. The number of amides is 1. The summed E-state index contributed by atoms with van der Waals surface area (Å²) in [6.45, 7) is 7.85. The van der Waals surface area contributed by atoms with Gasteiger partial charge in [-0.1, -0.05) is 26.0 Å². The number of nitrogens with zero attached hydrogens (tertiary/aromatic N) is 4. The van der Waals surface area contributed by atoms with E-state index in [1.54, 1.807) is 36.7 Å². The number of carboxylic acid groups (broad SMARTS) is 1. The average Bonchev–Trinajstić information content (AvgIpc) is 2.87. The first-order valence-corrected chi connectivity index (χ1v) is 12.5. The molecule has 0 saturated carbocycles. The number of hydrogen-bond donors (Lipinski definition) is 2. The fraction of sp³-hybridized carbons (Fsp3) is 0.444. The first-order chi connectivity index (χ1) is 17.7. The summed E-state index contributed by atoms with van der Waals surface area (Å²) in [6, 6.07) is 7.31. The Labute approximate surface area is 215 Å². The summed E-state index contributed by atoms with van der Waals surface area (Å²) in [6.07, 6.45) is 4.76. The lowest BCUT2D eigenvalue weighted by atomic mass is 10.00. The van der Waals surface area contributed by atoms with Crippen LogP contribution in [0.15, 0.2) is 53.8 Å². The second-order valence-corrected chi connectivity index (χ2v) is 9.87. The third-order valence-electron chi connectivity index (χ3n) is 6.57. The van der Waals surface area contributed by atoms with Crippen molar-refractivity contribution in [3.63, 3.8) is 0 Å². The Hall–Kier alpha value is -3.79. The van der Waals surface area contributed by atoms with Crippen molar-refractivity contribution in [1.82, 2.24) is 19.9 Å². The molecule has 37 heavy (non-hydrogen) atoms. The van der Waals surface area contributed by atoms with Crippen molar-refractivity contribution in [1.29, 1.82) is 0 Å². The van der Waals surface area contributed by atoms with Crippen LogP contribution in [0.5, 0.6) is 0 Å². The lowest BCUT2D eigenvalue weighted by Crippen LogP contribution is -2.44. The molecule has 1 aliphatic rings. The number of nitrogens with one attached hydrogen (secondary N) is 1. The highest BCUT2D eigenvalue weighted by atomic mass is 16.5. The molecule has 0 spiro atoms. The normalized spacial score (nSPS) is 17.5. The minimum atomic E-state index is -1.06. The van der Waals surface area contributed by atoms with E-state index in [4.69, 9.17) is 4.74 Å². The average molecular weight is 508 g/mol. The van der Waals surface area contributed by atoms with Gasteiger partial charge in [-0.15, -0.1) is 0 Å². The highest BCUT2D eigenvalue weighted by Gasteiger charge is 2.28. The van der Waals surface area contributed by atoms with Crippen LogP contribution in [0.3, 0.4) is 0 Å². The molecular weight excluding hydrogens is 474 g/mol. The van der Waals surface area contributed by atoms with Crippen LogP contribution in [0.2, 0.25) is 0 Å². The molecule has 3 aromatic rings. The van der Waals surface area contributed by atoms with Gasteiger partial charge >= 0.3 is 5.97 Å². The second kappa shape index (κ2) is 11.5. The molecule has 2 N–H and O–H groups in total. The monoisotopic (exact) mass is 507 g/mol. The summed E-state index contributed by atoms with van der Waals surface area (Å²) in [7, 11) is 0. The molecule has 0 bridgehead atoms. The van der Waals surface area contributed by atoms with Gasteiger partial charge in [-0.05, 0) is 43.0 Å². The van der Waals surface area contributed by atoms with Gasteiger partial charge in [0.15, 0.2) is 0 Å². The fourth-order valence-electron chi connectivity index (χ4n) is 4.70. The molecule has 0 aliphatic carbocycles. The topological polar surface area (TPSA) is 127 Å².